The fourth-order valence-corrected chi connectivity index (χ4v) is 13.6. The largest absolute Gasteiger partial charge is 4.00 e. The molecule has 0 saturated heterocycles. The smallest absolute Gasteiger partial charge is 0.358 e. The van der Waals surface area contributed by atoms with E-state index in [1.807, 2.05) is 0 Å². The first-order chi connectivity index (χ1) is 20.4. The van der Waals surface area contributed by atoms with E-state index < -0.39 is 24.2 Å². The third-order valence-corrected chi connectivity index (χ3v) is 19.3. The summed E-state index contributed by atoms with van der Waals surface area (Å²) in [5, 5.41) is 11.7. The first-order valence-electron chi connectivity index (χ1n) is 16.1. The van der Waals surface area contributed by atoms with E-state index in [4.69, 9.17) is 0 Å². The van der Waals surface area contributed by atoms with Crippen LogP contribution < -0.4 is 20.7 Å². The second kappa shape index (κ2) is 14.4. The maximum Gasteiger partial charge on any atom is 4.00 e. The molecule has 46 heavy (non-hydrogen) atoms. The molecule has 0 saturated carbocycles. The van der Waals surface area contributed by atoms with Gasteiger partial charge < -0.3 is 14.9 Å². The molecule has 6 aromatic rings. The summed E-state index contributed by atoms with van der Waals surface area (Å²) in [5.41, 5.74) is 5.37. The van der Waals surface area contributed by atoms with Crippen molar-refractivity contribution >= 4 is 66.5 Å². The molecule has 236 valence electrons. The van der Waals surface area contributed by atoms with Gasteiger partial charge >= 0.3 is 25.8 Å². The van der Waals surface area contributed by atoms with Gasteiger partial charge in [-0.05, 0) is 11.1 Å². The molecule has 0 aromatic heterocycles. The fourth-order valence-electron chi connectivity index (χ4n) is 7.06. The van der Waals surface area contributed by atoms with Crippen LogP contribution in [0.2, 0.25) is 51.4 Å². The van der Waals surface area contributed by atoms with Gasteiger partial charge in [-0.25, -0.2) is 0 Å². The van der Waals surface area contributed by atoms with E-state index in [0.717, 1.165) is 0 Å². The zero-order valence-corrected chi connectivity index (χ0v) is 36.4. The number of fused-ring (bicyclic) bond motifs is 2. The summed E-state index contributed by atoms with van der Waals surface area (Å²) in [4.78, 5) is 0. The number of rotatable bonds is 8. The molecule has 0 N–H and O–H groups in total. The molecule has 0 atom stereocenters. The van der Waals surface area contributed by atoms with Gasteiger partial charge in [0.15, 0.2) is 0 Å². The maximum atomic E-state index is 2.56. The summed E-state index contributed by atoms with van der Waals surface area (Å²) in [6.07, 6.45) is 0. The van der Waals surface area contributed by atoms with Crippen LogP contribution in [0.3, 0.4) is 0 Å². The van der Waals surface area contributed by atoms with E-state index in [0.29, 0.717) is 0 Å². The Labute approximate surface area is 301 Å². The molecule has 6 aromatic carbocycles. The third-order valence-electron chi connectivity index (χ3n) is 9.94. The number of hydrogen-bond acceptors (Lipinski definition) is 0. The van der Waals surface area contributed by atoms with Crippen molar-refractivity contribution in [3.05, 3.63) is 124 Å². The minimum Gasteiger partial charge on any atom is -0.358 e. The van der Waals surface area contributed by atoms with Gasteiger partial charge in [0.1, 0.15) is 0 Å². The maximum absolute atomic E-state index is 2.56. The Hall–Kier alpha value is -2.38. The van der Waals surface area contributed by atoms with E-state index in [-0.39, 0.29) is 40.7 Å². The predicted molar refractivity (Wildman–Crippen MR) is 215 cm³/mol. The summed E-state index contributed by atoms with van der Waals surface area (Å²) in [6.45, 7) is 19.4. The van der Waals surface area contributed by atoms with Crippen LogP contribution in [0.1, 0.15) is 13.8 Å². The summed E-state index contributed by atoms with van der Waals surface area (Å²) < 4.78 is 0. The van der Waals surface area contributed by atoms with Gasteiger partial charge in [0.25, 0.3) is 0 Å². The summed E-state index contributed by atoms with van der Waals surface area (Å²) in [5.74, 6) is 0. The molecule has 0 radical (unpaired) electrons. The molecule has 0 heterocycles. The summed E-state index contributed by atoms with van der Waals surface area (Å²) in [7, 11) is -4.61. The normalized spacial score (nSPS) is 12.0. The van der Waals surface area contributed by atoms with Crippen molar-refractivity contribution in [2.45, 2.75) is 65.2 Å². The van der Waals surface area contributed by atoms with Gasteiger partial charge in [-0.2, -0.15) is 12.1 Å². The molecule has 4 heteroatoms. The Kier molecular flexibility index (Phi) is 11.9. The second-order valence-electron chi connectivity index (χ2n) is 14.5. The first-order valence-corrected chi connectivity index (χ1v) is 25.5. The summed E-state index contributed by atoms with van der Waals surface area (Å²) >= 11 is 0. The van der Waals surface area contributed by atoms with Gasteiger partial charge in [0, 0.05) is 0 Å². The van der Waals surface area contributed by atoms with Crippen LogP contribution >= 0.6 is 0 Å². The zero-order chi connectivity index (χ0) is 30.6. The monoisotopic (exact) mass is 820 g/mol. The Morgan fingerprint density at radius 3 is 1.15 bits per heavy atom. The minimum absolute atomic E-state index is 0. The predicted octanol–water partition coefficient (Wildman–Crippen LogP) is 10.4. The molecular weight excluding hydrogens is 767 g/mol. The van der Waals surface area contributed by atoms with Crippen LogP contribution in [-0.2, 0) is 25.8 Å². The second-order valence-corrected chi connectivity index (χ2v) is 29.4. The Bertz CT molecular complexity index is 1750. The number of benzene rings is 4. The van der Waals surface area contributed by atoms with E-state index in [1.165, 1.54) is 66.3 Å². The van der Waals surface area contributed by atoms with Crippen molar-refractivity contribution in [1.29, 1.82) is 0 Å². The van der Waals surface area contributed by atoms with Crippen LogP contribution in [0.4, 0.5) is 0 Å². The van der Waals surface area contributed by atoms with Crippen molar-refractivity contribution in [2.24, 2.45) is 0 Å². The molecule has 0 unspecified atom stereocenters. The average Bonchev–Trinajstić information content (AvgIpc) is 3.63. The van der Waals surface area contributed by atoms with Crippen molar-refractivity contribution in [2.75, 3.05) is 0 Å². The standard InChI is InChI=1S/C40H46Si3.2CH3.Hf/c1-9-43(10-2,35-25-31-13-11-15-37(39(31)27-35)29-17-21-33(22-18-29)41(3,4)5)36-26-32-14-12-16-38(40(32)28-36)30-19-23-34(24-20-30)42(6,7)8;;;/h11-28H,9-10H2,1-8H3;2*1H3;/q-2;2*-1;+4. The summed E-state index contributed by atoms with van der Waals surface area (Å²) in [6, 6.07) is 45.2. The SMILES string of the molecule is CC[Si](CC)(c1cc2c(-c3ccc([Si](C)(C)C)cc3)cccc2[cH-]1)c1cc2c(-c3ccc([Si](C)(C)C)cc3)cccc2[cH-]1.[CH3-].[CH3-].[Hf+4]. The molecule has 0 aliphatic carbocycles. The zero-order valence-electron chi connectivity index (χ0n) is 29.8. The van der Waals surface area contributed by atoms with Gasteiger partial charge in [-0.3, -0.25) is 0 Å². The average molecular weight is 820 g/mol. The van der Waals surface area contributed by atoms with Gasteiger partial charge in [0.2, 0.25) is 0 Å². The van der Waals surface area contributed by atoms with Crippen molar-refractivity contribution < 1.29 is 25.8 Å². The van der Waals surface area contributed by atoms with Crippen LogP contribution in [0.15, 0.2) is 109 Å². The molecule has 0 aliphatic rings. The van der Waals surface area contributed by atoms with Crippen molar-refractivity contribution in [1.82, 2.24) is 0 Å². The molecule has 0 aliphatic heterocycles. The van der Waals surface area contributed by atoms with Crippen molar-refractivity contribution in [3.63, 3.8) is 0 Å². The first kappa shape index (κ1) is 38.1. The van der Waals surface area contributed by atoms with E-state index >= 15 is 0 Å². The minimum atomic E-state index is -1.97. The third kappa shape index (κ3) is 6.92. The van der Waals surface area contributed by atoms with Crippen LogP contribution in [0.5, 0.6) is 0 Å². The Balaban J connectivity index is 0.00000192. The van der Waals surface area contributed by atoms with Gasteiger partial charge in [0.05, 0.1) is 24.2 Å². The fraction of sp³-hybridized carbons (Fsp3) is 0.238. The van der Waals surface area contributed by atoms with Crippen LogP contribution in [-0.4, -0.2) is 24.2 Å². The van der Waals surface area contributed by atoms with Crippen molar-refractivity contribution in [3.8, 4) is 22.3 Å². The van der Waals surface area contributed by atoms with Crippen LogP contribution in [0.25, 0.3) is 43.8 Å². The molecule has 0 fully saturated rings. The molecule has 0 nitrogen and oxygen atoms in total. The quantitative estimate of drug-likeness (QED) is 0.106. The molecule has 0 bridgehead atoms. The Morgan fingerprint density at radius 1 is 0.500 bits per heavy atom. The molecule has 0 spiro atoms. The van der Waals surface area contributed by atoms with E-state index in [1.54, 1.807) is 10.4 Å². The Morgan fingerprint density at radius 2 is 0.848 bits per heavy atom. The molecular formula is C42H52HfSi3. The van der Waals surface area contributed by atoms with Crippen LogP contribution in [0, 0.1) is 14.9 Å². The molecule has 0 amide bonds. The topological polar surface area (TPSA) is 0 Å². The number of hydrogen-bond donors (Lipinski definition) is 0. The van der Waals surface area contributed by atoms with E-state index in [9.17, 15) is 0 Å². The van der Waals surface area contributed by atoms with E-state index in [2.05, 4.69) is 162 Å². The molecule has 6 rings (SSSR count). The van der Waals surface area contributed by atoms with Gasteiger partial charge in [-0.15, -0.1) is 68.3 Å². The van der Waals surface area contributed by atoms with Gasteiger partial charge in [-0.1, -0.05) is 147 Å².